The molecule has 8 heteroatoms. The normalized spacial score (nSPS) is 10.9. The first-order valence-corrected chi connectivity index (χ1v) is 7.73. The summed E-state index contributed by atoms with van der Waals surface area (Å²) in [5.74, 6) is -1.09. The van der Waals surface area contributed by atoms with E-state index in [0.717, 1.165) is 0 Å². The number of amides is 2. The number of carbonyl (C=O) groups is 2. The van der Waals surface area contributed by atoms with Crippen molar-refractivity contribution in [2.24, 2.45) is 0 Å². The summed E-state index contributed by atoms with van der Waals surface area (Å²) in [5, 5.41) is 14.3. The highest BCUT2D eigenvalue weighted by atomic mass is 19.3. The molecule has 27 heavy (non-hydrogen) atoms. The van der Waals surface area contributed by atoms with Crippen LogP contribution in [-0.2, 0) is 9.59 Å². The van der Waals surface area contributed by atoms with Gasteiger partial charge in [0.1, 0.15) is 17.4 Å². The molecule has 0 atom stereocenters. The van der Waals surface area contributed by atoms with Gasteiger partial charge in [0.05, 0.1) is 0 Å². The summed E-state index contributed by atoms with van der Waals surface area (Å²) in [7, 11) is 0. The van der Waals surface area contributed by atoms with Crippen molar-refractivity contribution in [3.05, 3.63) is 59.7 Å². The van der Waals surface area contributed by atoms with E-state index in [-0.39, 0.29) is 22.8 Å². The van der Waals surface area contributed by atoms with Crippen LogP contribution in [0.15, 0.2) is 54.1 Å². The van der Waals surface area contributed by atoms with E-state index < -0.39 is 12.5 Å². The van der Waals surface area contributed by atoms with Crippen LogP contribution in [0.5, 0.6) is 5.75 Å². The molecule has 2 aromatic carbocycles. The van der Waals surface area contributed by atoms with E-state index >= 15 is 0 Å². The lowest BCUT2D eigenvalue weighted by molar-refractivity contribution is -0.114. The third-order valence-electron chi connectivity index (χ3n) is 3.26. The second-order valence-corrected chi connectivity index (χ2v) is 5.30. The molecule has 0 saturated carbocycles. The molecule has 0 fully saturated rings. The zero-order valence-electron chi connectivity index (χ0n) is 14.2. The van der Waals surface area contributed by atoms with Crippen molar-refractivity contribution in [2.45, 2.75) is 13.5 Å². The number of carbonyl (C=O) groups excluding carboxylic acids is 2. The van der Waals surface area contributed by atoms with Gasteiger partial charge in [-0.2, -0.15) is 14.0 Å². The highest BCUT2D eigenvalue weighted by Gasteiger charge is 2.13. The van der Waals surface area contributed by atoms with Crippen LogP contribution < -0.4 is 15.4 Å². The summed E-state index contributed by atoms with van der Waals surface area (Å²) in [6.07, 6.45) is 1.17. The Hall–Kier alpha value is -3.73. The molecule has 0 saturated heterocycles. The number of anilines is 2. The van der Waals surface area contributed by atoms with Gasteiger partial charge in [0, 0.05) is 23.9 Å². The highest BCUT2D eigenvalue weighted by Crippen LogP contribution is 2.23. The van der Waals surface area contributed by atoms with Crippen molar-refractivity contribution in [1.82, 2.24) is 0 Å². The molecule has 0 bridgehead atoms. The Kier molecular flexibility index (Phi) is 6.61. The van der Waals surface area contributed by atoms with Crippen molar-refractivity contribution in [3.63, 3.8) is 0 Å². The number of benzene rings is 2. The number of para-hydroxylation sites is 1. The molecule has 138 valence electrons. The monoisotopic (exact) mass is 371 g/mol. The number of nitrogens with one attached hydrogen (secondary N) is 2. The molecule has 2 amide bonds. The summed E-state index contributed by atoms with van der Waals surface area (Å²) in [6.45, 7) is -1.66. The summed E-state index contributed by atoms with van der Waals surface area (Å²) in [4.78, 5) is 23.3. The van der Waals surface area contributed by atoms with Gasteiger partial charge >= 0.3 is 6.61 Å². The molecular weight excluding hydrogens is 356 g/mol. The molecule has 0 aliphatic rings. The Bertz CT molecular complexity index is 903. The lowest BCUT2D eigenvalue weighted by Crippen LogP contribution is -2.13. The molecular formula is C19H15F2N3O3. The van der Waals surface area contributed by atoms with Crippen LogP contribution in [0.1, 0.15) is 12.5 Å². The van der Waals surface area contributed by atoms with Gasteiger partial charge in [-0.25, -0.2) is 0 Å². The van der Waals surface area contributed by atoms with Crippen LogP contribution in [-0.4, -0.2) is 18.4 Å². The smallest absolute Gasteiger partial charge is 0.387 e. The van der Waals surface area contributed by atoms with Crippen molar-refractivity contribution in [1.29, 1.82) is 5.26 Å². The number of hydrogen-bond donors (Lipinski definition) is 2. The minimum Gasteiger partial charge on any atom is -0.434 e. The Morgan fingerprint density at radius 3 is 2.22 bits per heavy atom. The Morgan fingerprint density at radius 2 is 1.67 bits per heavy atom. The van der Waals surface area contributed by atoms with E-state index in [1.165, 1.54) is 31.2 Å². The van der Waals surface area contributed by atoms with E-state index in [0.29, 0.717) is 11.4 Å². The van der Waals surface area contributed by atoms with Crippen LogP contribution >= 0.6 is 0 Å². The number of alkyl halides is 2. The lowest BCUT2D eigenvalue weighted by atomic mass is 10.1. The molecule has 0 radical (unpaired) electrons. The topological polar surface area (TPSA) is 91.2 Å². The van der Waals surface area contributed by atoms with E-state index in [9.17, 15) is 23.6 Å². The number of hydrogen-bond acceptors (Lipinski definition) is 4. The quantitative estimate of drug-likeness (QED) is 0.597. The SMILES string of the molecule is CC(=O)Nc1ccc(NC(=O)/C(C#N)=C/c2ccccc2OC(F)F)cc1. The van der Waals surface area contributed by atoms with Crippen LogP contribution in [0.3, 0.4) is 0 Å². The molecule has 6 nitrogen and oxygen atoms in total. The summed E-state index contributed by atoms with van der Waals surface area (Å²) in [5.41, 5.74) is 0.832. The fourth-order valence-corrected chi connectivity index (χ4v) is 2.15. The number of ether oxygens (including phenoxy) is 1. The second kappa shape index (κ2) is 9.10. The van der Waals surface area contributed by atoms with Gasteiger partial charge < -0.3 is 15.4 Å². The summed E-state index contributed by atoms with van der Waals surface area (Å²) < 4.78 is 29.3. The summed E-state index contributed by atoms with van der Waals surface area (Å²) >= 11 is 0. The van der Waals surface area contributed by atoms with Crippen LogP contribution in [0, 0.1) is 11.3 Å². The van der Waals surface area contributed by atoms with Crippen molar-refractivity contribution < 1.29 is 23.1 Å². The second-order valence-electron chi connectivity index (χ2n) is 5.30. The fraction of sp³-hybridized carbons (Fsp3) is 0.105. The van der Waals surface area contributed by atoms with Gasteiger partial charge in [-0.05, 0) is 36.4 Å². The minimum atomic E-state index is -3.03. The van der Waals surface area contributed by atoms with Crippen LogP contribution in [0.2, 0.25) is 0 Å². The highest BCUT2D eigenvalue weighted by molar-refractivity contribution is 6.09. The molecule has 0 spiro atoms. The van der Waals surface area contributed by atoms with E-state index in [4.69, 9.17) is 0 Å². The lowest BCUT2D eigenvalue weighted by Gasteiger charge is -2.09. The van der Waals surface area contributed by atoms with Gasteiger partial charge in [-0.15, -0.1) is 0 Å². The standard InChI is InChI=1S/C19H15F2N3O3/c1-12(25)23-15-6-8-16(9-7-15)24-18(26)14(11-22)10-13-4-2-3-5-17(13)27-19(20)21/h2-10,19H,1H3,(H,23,25)(H,24,26)/b14-10+. The number of nitrogens with zero attached hydrogens (tertiary/aromatic N) is 1. The van der Waals surface area contributed by atoms with Gasteiger partial charge in [-0.1, -0.05) is 18.2 Å². The first kappa shape index (κ1) is 19.6. The molecule has 0 aliphatic carbocycles. The van der Waals surface area contributed by atoms with Gasteiger partial charge in [0.25, 0.3) is 5.91 Å². The molecule has 2 rings (SSSR count). The Balaban J connectivity index is 2.18. The molecule has 0 aromatic heterocycles. The Morgan fingerprint density at radius 1 is 1.07 bits per heavy atom. The van der Waals surface area contributed by atoms with E-state index in [2.05, 4.69) is 15.4 Å². The first-order valence-electron chi connectivity index (χ1n) is 7.73. The molecule has 0 heterocycles. The third-order valence-corrected chi connectivity index (χ3v) is 3.26. The zero-order valence-corrected chi connectivity index (χ0v) is 14.2. The zero-order chi connectivity index (χ0) is 19.8. The number of rotatable bonds is 6. The van der Waals surface area contributed by atoms with E-state index in [1.54, 1.807) is 36.4 Å². The minimum absolute atomic E-state index is 0.146. The molecule has 0 unspecified atom stereocenters. The van der Waals surface area contributed by atoms with Crippen molar-refractivity contribution in [3.8, 4) is 11.8 Å². The third kappa shape index (κ3) is 5.93. The van der Waals surface area contributed by atoms with Gasteiger partial charge in [-0.3, -0.25) is 9.59 Å². The van der Waals surface area contributed by atoms with Gasteiger partial charge in [0.15, 0.2) is 0 Å². The maximum atomic E-state index is 12.5. The molecule has 2 aromatic rings. The Labute approximate surface area is 154 Å². The number of halogens is 2. The predicted molar refractivity (Wildman–Crippen MR) is 96.0 cm³/mol. The predicted octanol–water partition coefficient (Wildman–Crippen LogP) is 3.79. The number of nitriles is 1. The largest absolute Gasteiger partial charge is 0.434 e. The van der Waals surface area contributed by atoms with Crippen molar-refractivity contribution >= 4 is 29.3 Å². The van der Waals surface area contributed by atoms with Gasteiger partial charge in [0.2, 0.25) is 5.91 Å². The molecule has 2 N–H and O–H groups in total. The van der Waals surface area contributed by atoms with Crippen LogP contribution in [0.4, 0.5) is 20.2 Å². The van der Waals surface area contributed by atoms with Crippen LogP contribution in [0.25, 0.3) is 6.08 Å². The maximum absolute atomic E-state index is 12.5. The van der Waals surface area contributed by atoms with E-state index in [1.807, 2.05) is 0 Å². The van der Waals surface area contributed by atoms with Crippen molar-refractivity contribution in [2.75, 3.05) is 10.6 Å². The summed E-state index contributed by atoms with van der Waals surface area (Å²) in [6, 6.07) is 13.8. The fourth-order valence-electron chi connectivity index (χ4n) is 2.15. The first-order chi connectivity index (χ1) is 12.9. The average Bonchev–Trinajstić information content (AvgIpc) is 2.61. The average molecular weight is 371 g/mol. The maximum Gasteiger partial charge on any atom is 0.387 e. The molecule has 0 aliphatic heterocycles.